The lowest BCUT2D eigenvalue weighted by Crippen LogP contribution is -2.48. The summed E-state index contributed by atoms with van der Waals surface area (Å²) in [4.78, 5) is 25.5. The fourth-order valence-corrected chi connectivity index (χ4v) is 4.46. The highest BCUT2D eigenvalue weighted by Gasteiger charge is 2.45. The molecule has 2 saturated heterocycles. The van der Waals surface area contributed by atoms with Gasteiger partial charge in [-0.05, 0) is 38.1 Å². The zero-order chi connectivity index (χ0) is 22.5. The number of amides is 1. The van der Waals surface area contributed by atoms with Crippen LogP contribution in [0, 0.1) is 5.92 Å². The molecule has 2 aliphatic rings. The third-order valence-corrected chi connectivity index (χ3v) is 6.16. The summed E-state index contributed by atoms with van der Waals surface area (Å²) >= 11 is 0. The van der Waals surface area contributed by atoms with E-state index in [1.165, 1.54) is 6.26 Å². The molecule has 7 nitrogen and oxygen atoms in total. The number of alkyl halides is 3. The van der Waals surface area contributed by atoms with E-state index in [4.69, 9.17) is 9.90 Å². The van der Waals surface area contributed by atoms with Gasteiger partial charge in [0.1, 0.15) is 9.84 Å². The zero-order valence-electron chi connectivity index (χ0n) is 17.2. The van der Waals surface area contributed by atoms with Crippen LogP contribution in [-0.2, 0) is 19.4 Å². The summed E-state index contributed by atoms with van der Waals surface area (Å²) in [5.41, 5.74) is -0.0898. The molecule has 0 bridgehead atoms. The summed E-state index contributed by atoms with van der Waals surface area (Å²) < 4.78 is 54.7. The highest BCUT2D eigenvalue weighted by molar-refractivity contribution is 7.90. The van der Waals surface area contributed by atoms with Crippen LogP contribution in [0.1, 0.15) is 46.0 Å². The van der Waals surface area contributed by atoms with Gasteiger partial charge in [0.2, 0.25) is 5.91 Å². The number of rotatable bonds is 5. The number of likely N-dealkylation sites (tertiary alicyclic amines) is 2. The number of halogens is 3. The Morgan fingerprint density at radius 1 is 1.21 bits per heavy atom. The van der Waals surface area contributed by atoms with Crippen molar-refractivity contribution in [2.75, 3.05) is 38.2 Å². The second-order valence-corrected chi connectivity index (χ2v) is 10.5. The SMILES string of the molecule is CC(C)CN1CCCC2(CCC(=O)N2CCS(C)(=O)=O)CC1.O=C(O)C(F)(F)F. The minimum atomic E-state index is -5.08. The Hall–Kier alpha value is -1.36. The van der Waals surface area contributed by atoms with Crippen LogP contribution in [0.3, 0.4) is 0 Å². The van der Waals surface area contributed by atoms with Gasteiger partial charge in [-0.2, -0.15) is 13.2 Å². The van der Waals surface area contributed by atoms with E-state index in [1.54, 1.807) is 0 Å². The average Bonchev–Trinajstić information content (AvgIpc) is 2.71. The van der Waals surface area contributed by atoms with Crippen molar-refractivity contribution >= 4 is 21.7 Å². The second kappa shape index (κ2) is 10.1. The first-order valence-electron chi connectivity index (χ1n) is 9.67. The number of aliphatic carboxylic acids is 1. The summed E-state index contributed by atoms with van der Waals surface area (Å²) in [6, 6.07) is 0. The first kappa shape index (κ1) is 25.7. The maximum atomic E-state index is 12.3. The number of hydrogen-bond donors (Lipinski definition) is 1. The molecule has 29 heavy (non-hydrogen) atoms. The molecule has 2 aliphatic heterocycles. The molecule has 1 unspecified atom stereocenters. The van der Waals surface area contributed by atoms with Crippen LogP contribution < -0.4 is 0 Å². The van der Waals surface area contributed by atoms with Crippen molar-refractivity contribution < 1.29 is 36.3 Å². The molecule has 2 fully saturated rings. The maximum absolute atomic E-state index is 12.3. The summed E-state index contributed by atoms with van der Waals surface area (Å²) in [6.07, 6.45) is 0.721. The van der Waals surface area contributed by atoms with E-state index in [2.05, 4.69) is 18.7 Å². The number of carbonyl (C=O) groups excluding carboxylic acids is 1. The Balaban J connectivity index is 0.000000516. The van der Waals surface area contributed by atoms with Crippen molar-refractivity contribution in [2.45, 2.75) is 57.7 Å². The van der Waals surface area contributed by atoms with E-state index in [-0.39, 0.29) is 17.2 Å². The molecule has 1 atom stereocenters. The molecule has 1 N–H and O–H groups in total. The number of carboxylic acids is 1. The number of carbonyl (C=O) groups is 2. The third kappa shape index (κ3) is 8.49. The standard InChI is InChI=1S/C16H30N2O3S.C2HF3O2/c1-14(2)13-17-9-4-6-16(8-10-17)7-5-15(19)18(16)11-12-22(3,20)21;3-2(4,5)1(6)7/h14H,4-13H2,1-3H3;(H,6,7). The summed E-state index contributed by atoms with van der Waals surface area (Å²) in [5.74, 6) is -1.88. The number of carboxylic acid groups (broad SMARTS) is 1. The maximum Gasteiger partial charge on any atom is 0.490 e. The van der Waals surface area contributed by atoms with Gasteiger partial charge in [0, 0.05) is 37.8 Å². The zero-order valence-corrected chi connectivity index (χ0v) is 18.0. The first-order chi connectivity index (χ1) is 13.2. The Morgan fingerprint density at radius 2 is 1.79 bits per heavy atom. The molecule has 0 radical (unpaired) electrons. The quantitative estimate of drug-likeness (QED) is 0.698. The summed E-state index contributed by atoms with van der Waals surface area (Å²) in [5, 5.41) is 7.12. The second-order valence-electron chi connectivity index (χ2n) is 8.25. The van der Waals surface area contributed by atoms with Gasteiger partial charge in [-0.3, -0.25) is 4.79 Å². The number of hydrogen-bond acceptors (Lipinski definition) is 5. The molecule has 1 amide bonds. The highest BCUT2D eigenvalue weighted by atomic mass is 32.2. The normalized spacial score (nSPS) is 23.8. The van der Waals surface area contributed by atoms with Gasteiger partial charge in [-0.1, -0.05) is 13.8 Å². The predicted octanol–water partition coefficient (Wildman–Crippen LogP) is 2.17. The Bertz CT molecular complexity index is 681. The molecule has 0 aromatic rings. The molecule has 0 aromatic heterocycles. The van der Waals surface area contributed by atoms with Crippen LogP contribution in [0.2, 0.25) is 0 Å². The highest BCUT2D eigenvalue weighted by Crippen LogP contribution is 2.39. The lowest BCUT2D eigenvalue weighted by atomic mass is 9.88. The molecular formula is C18H31F3N2O5S. The first-order valence-corrected chi connectivity index (χ1v) is 11.7. The van der Waals surface area contributed by atoms with E-state index in [1.807, 2.05) is 4.90 Å². The Kier molecular flexibility index (Phi) is 8.94. The third-order valence-electron chi connectivity index (χ3n) is 5.24. The van der Waals surface area contributed by atoms with Gasteiger partial charge in [0.25, 0.3) is 0 Å². The summed E-state index contributed by atoms with van der Waals surface area (Å²) in [6.45, 7) is 8.04. The lowest BCUT2D eigenvalue weighted by Gasteiger charge is -2.38. The number of sulfone groups is 1. The fraction of sp³-hybridized carbons (Fsp3) is 0.889. The topological polar surface area (TPSA) is 95.0 Å². The van der Waals surface area contributed by atoms with Crippen molar-refractivity contribution in [3.8, 4) is 0 Å². The van der Waals surface area contributed by atoms with Crippen LogP contribution in [0.4, 0.5) is 13.2 Å². The van der Waals surface area contributed by atoms with Crippen molar-refractivity contribution in [2.24, 2.45) is 5.92 Å². The van der Waals surface area contributed by atoms with Crippen LogP contribution in [-0.4, -0.2) is 85.1 Å². The monoisotopic (exact) mass is 444 g/mol. The molecule has 170 valence electrons. The molecule has 2 heterocycles. The van der Waals surface area contributed by atoms with E-state index in [0.717, 1.165) is 45.3 Å². The van der Waals surface area contributed by atoms with Gasteiger partial charge in [0.05, 0.1) is 5.75 Å². The van der Waals surface area contributed by atoms with E-state index >= 15 is 0 Å². The van der Waals surface area contributed by atoms with Crippen LogP contribution >= 0.6 is 0 Å². The van der Waals surface area contributed by atoms with Gasteiger partial charge in [-0.15, -0.1) is 0 Å². The minimum absolute atomic E-state index is 0.0796. The van der Waals surface area contributed by atoms with Crippen LogP contribution in [0.15, 0.2) is 0 Å². The van der Waals surface area contributed by atoms with Gasteiger partial charge < -0.3 is 14.9 Å². The van der Waals surface area contributed by atoms with E-state index in [9.17, 15) is 26.4 Å². The molecule has 0 aromatic carbocycles. The lowest BCUT2D eigenvalue weighted by molar-refractivity contribution is -0.192. The minimum Gasteiger partial charge on any atom is -0.475 e. The smallest absolute Gasteiger partial charge is 0.475 e. The summed E-state index contributed by atoms with van der Waals surface area (Å²) in [7, 11) is -3.03. The van der Waals surface area contributed by atoms with Crippen molar-refractivity contribution in [3.63, 3.8) is 0 Å². The van der Waals surface area contributed by atoms with Crippen LogP contribution in [0.25, 0.3) is 0 Å². The van der Waals surface area contributed by atoms with Gasteiger partial charge in [0.15, 0.2) is 0 Å². The predicted molar refractivity (Wildman–Crippen MR) is 102 cm³/mol. The van der Waals surface area contributed by atoms with Crippen LogP contribution in [0.5, 0.6) is 0 Å². The fourth-order valence-electron chi connectivity index (χ4n) is 3.95. The van der Waals surface area contributed by atoms with Gasteiger partial charge in [-0.25, -0.2) is 13.2 Å². The van der Waals surface area contributed by atoms with Crippen molar-refractivity contribution in [1.82, 2.24) is 9.80 Å². The molecule has 0 saturated carbocycles. The molecule has 0 aliphatic carbocycles. The van der Waals surface area contributed by atoms with Crippen molar-refractivity contribution in [3.05, 3.63) is 0 Å². The Labute approximate surface area is 170 Å². The van der Waals surface area contributed by atoms with Crippen molar-refractivity contribution in [1.29, 1.82) is 0 Å². The molecule has 11 heteroatoms. The molecule has 1 spiro atoms. The number of nitrogens with zero attached hydrogens (tertiary/aromatic N) is 2. The Morgan fingerprint density at radius 3 is 2.28 bits per heavy atom. The van der Waals surface area contributed by atoms with E-state index < -0.39 is 22.0 Å². The molecular weight excluding hydrogens is 413 g/mol. The van der Waals surface area contributed by atoms with E-state index in [0.29, 0.717) is 18.9 Å². The van der Waals surface area contributed by atoms with Gasteiger partial charge >= 0.3 is 12.1 Å². The molecule has 2 rings (SSSR count). The average molecular weight is 445 g/mol. The largest absolute Gasteiger partial charge is 0.490 e.